The Balaban J connectivity index is 1.77. The molecular formula is C21H25ClN2O3S. The molecule has 0 radical (unpaired) electrons. The van der Waals surface area contributed by atoms with Crippen LogP contribution in [0, 0.1) is 18.8 Å². The van der Waals surface area contributed by atoms with Gasteiger partial charge in [0.2, 0.25) is 10.0 Å². The summed E-state index contributed by atoms with van der Waals surface area (Å²) in [6.45, 7) is 7.03. The van der Waals surface area contributed by atoms with E-state index in [9.17, 15) is 13.2 Å². The van der Waals surface area contributed by atoms with Crippen molar-refractivity contribution in [2.75, 3.05) is 18.4 Å². The third-order valence-electron chi connectivity index (χ3n) is 5.11. The largest absolute Gasteiger partial charge is 0.322 e. The quantitative estimate of drug-likeness (QED) is 0.787. The molecule has 1 aliphatic rings. The fraction of sp³-hybridized carbons (Fsp3) is 0.381. The van der Waals surface area contributed by atoms with Gasteiger partial charge in [-0.1, -0.05) is 31.5 Å². The van der Waals surface area contributed by atoms with Crippen molar-refractivity contribution in [2.45, 2.75) is 32.1 Å². The van der Waals surface area contributed by atoms with Gasteiger partial charge in [-0.2, -0.15) is 4.31 Å². The molecule has 28 heavy (non-hydrogen) atoms. The highest BCUT2D eigenvalue weighted by molar-refractivity contribution is 7.89. The Morgan fingerprint density at radius 3 is 2.29 bits per heavy atom. The first-order valence-corrected chi connectivity index (χ1v) is 11.2. The summed E-state index contributed by atoms with van der Waals surface area (Å²) in [6.07, 6.45) is 1.04. The molecule has 5 nitrogen and oxygen atoms in total. The minimum Gasteiger partial charge on any atom is -0.322 e. The van der Waals surface area contributed by atoms with Gasteiger partial charge in [-0.05, 0) is 67.1 Å². The van der Waals surface area contributed by atoms with Crippen molar-refractivity contribution in [1.29, 1.82) is 0 Å². The zero-order valence-corrected chi connectivity index (χ0v) is 17.8. The van der Waals surface area contributed by atoms with E-state index in [0.717, 1.165) is 12.0 Å². The average molecular weight is 421 g/mol. The van der Waals surface area contributed by atoms with Crippen LogP contribution in [0.1, 0.15) is 36.2 Å². The summed E-state index contributed by atoms with van der Waals surface area (Å²) in [4.78, 5) is 12.7. The molecule has 2 atom stereocenters. The van der Waals surface area contributed by atoms with Crippen LogP contribution < -0.4 is 5.32 Å². The molecule has 0 saturated carbocycles. The van der Waals surface area contributed by atoms with E-state index in [1.165, 1.54) is 12.1 Å². The SMILES string of the molecule is Cc1c(Cl)cccc1NC(=O)c1ccc(S(=O)(=O)N2C[C@@H](C)C[C@H](C)C2)cc1. The number of benzene rings is 2. The number of sulfonamides is 1. The Morgan fingerprint density at radius 1 is 1.07 bits per heavy atom. The third-order valence-corrected chi connectivity index (χ3v) is 7.36. The monoisotopic (exact) mass is 420 g/mol. The molecule has 1 N–H and O–H groups in total. The van der Waals surface area contributed by atoms with Crippen LogP contribution in [-0.2, 0) is 10.0 Å². The van der Waals surface area contributed by atoms with E-state index in [4.69, 9.17) is 11.6 Å². The number of halogens is 1. The number of nitrogens with zero attached hydrogens (tertiary/aromatic N) is 1. The molecule has 1 aliphatic heterocycles. The number of amides is 1. The van der Waals surface area contributed by atoms with Gasteiger partial charge in [0, 0.05) is 29.4 Å². The van der Waals surface area contributed by atoms with Crippen molar-refractivity contribution in [2.24, 2.45) is 11.8 Å². The molecule has 1 saturated heterocycles. The highest BCUT2D eigenvalue weighted by Gasteiger charge is 2.31. The lowest BCUT2D eigenvalue weighted by Gasteiger charge is -2.34. The van der Waals surface area contributed by atoms with Crippen molar-refractivity contribution >= 4 is 33.2 Å². The van der Waals surface area contributed by atoms with Crippen LogP contribution in [0.2, 0.25) is 5.02 Å². The normalized spacial score (nSPS) is 20.7. The first-order valence-electron chi connectivity index (χ1n) is 9.35. The lowest BCUT2D eigenvalue weighted by molar-refractivity contribution is 0.102. The second kappa shape index (κ2) is 8.23. The van der Waals surface area contributed by atoms with Gasteiger partial charge in [0.05, 0.1) is 4.90 Å². The van der Waals surface area contributed by atoms with E-state index in [1.54, 1.807) is 34.6 Å². The molecule has 150 valence electrons. The number of piperidine rings is 1. The smallest absolute Gasteiger partial charge is 0.255 e. The molecule has 0 aromatic heterocycles. The predicted octanol–water partition coefficient (Wildman–Crippen LogP) is 4.57. The molecule has 0 unspecified atom stereocenters. The number of carbonyl (C=O) groups excluding carboxylic acids is 1. The molecule has 2 aromatic rings. The highest BCUT2D eigenvalue weighted by Crippen LogP contribution is 2.27. The number of hydrogen-bond donors (Lipinski definition) is 1. The minimum atomic E-state index is -3.56. The van der Waals surface area contributed by atoms with E-state index in [1.807, 2.05) is 6.92 Å². The summed E-state index contributed by atoms with van der Waals surface area (Å²) in [6, 6.07) is 11.4. The van der Waals surface area contributed by atoms with Crippen LogP contribution in [0.3, 0.4) is 0 Å². The van der Waals surface area contributed by atoms with Crippen LogP contribution in [0.15, 0.2) is 47.4 Å². The second-order valence-corrected chi connectivity index (χ2v) is 10.0. The molecule has 2 aromatic carbocycles. The van der Waals surface area contributed by atoms with E-state index >= 15 is 0 Å². The van der Waals surface area contributed by atoms with Crippen molar-refractivity contribution in [3.63, 3.8) is 0 Å². The number of hydrogen-bond acceptors (Lipinski definition) is 3. The lowest BCUT2D eigenvalue weighted by Crippen LogP contribution is -2.42. The molecule has 3 rings (SSSR count). The summed E-state index contributed by atoms with van der Waals surface area (Å²) >= 11 is 6.09. The third kappa shape index (κ3) is 4.40. The summed E-state index contributed by atoms with van der Waals surface area (Å²) < 4.78 is 27.4. The Hall–Kier alpha value is -1.89. The Kier molecular flexibility index (Phi) is 6.12. The van der Waals surface area contributed by atoms with Crippen LogP contribution in [-0.4, -0.2) is 31.7 Å². The molecule has 0 bridgehead atoms. The summed E-state index contributed by atoms with van der Waals surface area (Å²) in [5.74, 6) is 0.364. The van der Waals surface area contributed by atoms with Crippen LogP contribution in [0.5, 0.6) is 0 Å². The molecule has 7 heteroatoms. The van der Waals surface area contributed by atoms with Crippen molar-refractivity contribution < 1.29 is 13.2 Å². The first-order chi connectivity index (χ1) is 13.2. The van der Waals surface area contributed by atoms with Crippen LogP contribution in [0.25, 0.3) is 0 Å². The number of carbonyl (C=O) groups is 1. The van der Waals surface area contributed by atoms with E-state index in [0.29, 0.717) is 41.2 Å². The van der Waals surface area contributed by atoms with Gasteiger partial charge in [0.15, 0.2) is 0 Å². The number of rotatable bonds is 4. The van der Waals surface area contributed by atoms with Gasteiger partial charge in [-0.15, -0.1) is 0 Å². The average Bonchev–Trinajstić information content (AvgIpc) is 2.64. The van der Waals surface area contributed by atoms with Crippen molar-refractivity contribution in [3.8, 4) is 0 Å². The summed E-state index contributed by atoms with van der Waals surface area (Å²) in [7, 11) is -3.56. The standard InChI is InChI=1S/C21H25ClN2O3S/c1-14-11-15(2)13-24(12-14)28(26,27)18-9-7-17(8-10-18)21(25)23-20-6-4-5-19(22)16(20)3/h4-10,14-15H,11-13H2,1-3H3,(H,23,25)/t14-,15-/m0/s1. The summed E-state index contributed by atoms with van der Waals surface area (Å²) in [5.41, 5.74) is 1.80. The lowest BCUT2D eigenvalue weighted by atomic mass is 9.94. The maximum absolute atomic E-state index is 12.9. The molecule has 1 fully saturated rings. The van der Waals surface area contributed by atoms with Gasteiger partial charge in [-0.25, -0.2) is 8.42 Å². The van der Waals surface area contributed by atoms with Gasteiger partial charge in [0.1, 0.15) is 0 Å². The zero-order chi connectivity index (χ0) is 20.5. The fourth-order valence-electron chi connectivity index (χ4n) is 3.67. The van der Waals surface area contributed by atoms with Crippen LogP contribution >= 0.6 is 11.6 Å². The van der Waals surface area contributed by atoms with E-state index in [-0.39, 0.29) is 10.8 Å². The Bertz CT molecular complexity index is 964. The minimum absolute atomic E-state index is 0.212. The number of nitrogens with one attached hydrogen (secondary N) is 1. The van der Waals surface area contributed by atoms with Gasteiger partial charge in [0.25, 0.3) is 5.91 Å². The van der Waals surface area contributed by atoms with Gasteiger partial charge < -0.3 is 5.32 Å². The second-order valence-electron chi connectivity index (χ2n) is 7.66. The molecule has 1 heterocycles. The molecular weight excluding hydrogens is 396 g/mol. The summed E-state index contributed by atoms with van der Waals surface area (Å²) in [5, 5.41) is 3.39. The van der Waals surface area contributed by atoms with Crippen molar-refractivity contribution in [3.05, 3.63) is 58.6 Å². The predicted molar refractivity (Wildman–Crippen MR) is 112 cm³/mol. The van der Waals surface area contributed by atoms with Gasteiger partial charge in [-0.3, -0.25) is 4.79 Å². The zero-order valence-electron chi connectivity index (χ0n) is 16.3. The molecule has 1 amide bonds. The van der Waals surface area contributed by atoms with Crippen molar-refractivity contribution in [1.82, 2.24) is 4.31 Å². The molecule has 0 aliphatic carbocycles. The first kappa shape index (κ1) is 20.8. The number of anilines is 1. The van der Waals surface area contributed by atoms with E-state index in [2.05, 4.69) is 19.2 Å². The van der Waals surface area contributed by atoms with Gasteiger partial charge >= 0.3 is 0 Å². The fourth-order valence-corrected chi connectivity index (χ4v) is 5.52. The Morgan fingerprint density at radius 2 is 1.68 bits per heavy atom. The maximum atomic E-state index is 12.9. The highest BCUT2D eigenvalue weighted by atomic mass is 35.5. The molecule has 0 spiro atoms. The van der Waals surface area contributed by atoms with Crippen LogP contribution in [0.4, 0.5) is 5.69 Å². The maximum Gasteiger partial charge on any atom is 0.255 e. The Labute approximate surface area is 171 Å². The topological polar surface area (TPSA) is 66.5 Å². The van der Waals surface area contributed by atoms with E-state index < -0.39 is 10.0 Å².